The summed E-state index contributed by atoms with van der Waals surface area (Å²) in [4.78, 5) is 6.14. The van der Waals surface area contributed by atoms with Gasteiger partial charge in [-0.05, 0) is 17.2 Å². The maximum atomic E-state index is 4.55. The van der Waals surface area contributed by atoms with Gasteiger partial charge in [0.2, 0.25) is 5.82 Å². The fraction of sp³-hybridized carbons (Fsp3) is 0.211. The van der Waals surface area contributed by atoms with Gasteiger partial charge in [0.05, 0.1) is 6.54 Å². The molecule has 0 bridgehead atoms. The van der Waals surface area contributed by atoms with E-state index in [2.05, 4.69) is 54.9 Å². The summed E-state index contributed by atoms with van der Waals surface area (Å²) >= 11 is 0. The fourth-order valence-corrected chi connectivity index (χ4v) is 2.71. The molecule has 0 saturated carbocycles. The molecule has 2 aromatic heterocycles. The lowest BCUT2D eigenvalue weighted by molar-refractivity contribution is 0.515. The van der Waals surface area contributed by atoms with Crippen LogP contribution in [0.2, 0.25) is 0 Å². The molecule has 0 spiro atoms. The average Bonchev–Trinajstić information content (AvgIpc) is 3.36. The zero-order valence-corrected chi connectivity index (χ0v) is 14.3. The highest BCUT2D eigenvalue weighted by Crippen LogP contribution is 2.12. The van der Waals surface area contributed by atoms with E-state index in [1.807, 2.05) is 36.4 Å². The fourth-order valence-electron chi connectivity index (χ4n) is 2.71. The van der Waals surface area contributed by atoms with Gasteiger partial charge in [-0.3, -0.25) is 5.10 Å². The van der Waals surface area contributed by atoms with Crippen LogP contribution in [-0.2, 0) is 25.8 Å². The number of tetrazole rings is 1. The highest BCUT2D eigenvalue weighted by molar-refractivity contribution is 5.52. The third-order valence-corrected chi connectivity index (χ3v) is 4.09. The number of hydrogen-bond acceptors (Lipinski definition) is 5. The largest absolute Gasteiger partial charge is 0.263 e. The van der Waals surface area contributed by atoms with Crippen molar-refractivity contribution in [2.24, 2.45) is 0 Å². The van der Waals surface area contributed by atoms with Crippen molar-refractivity contribution < 1.29 is 0 Å². The molecule has 130 valence electrons. The van der Waals surface area contributed by atoms with Gasteiger partial charge in [-0.2, -0.15) is 9.90 Å². The highest BCUT2D eigenvalue weighted by Gasteiger charge is 2.08. The summed E-state index contributed by atoms with van der Waals surface area (Å²) in [5.41, 5.74) is 2.26. The number of rotatable bonds is 7. The van der Waals surface area contributed by atoms with Crippen molar-refractivity contribution in [2.75, 3.05) is 0 Å². The predicted molar refractivity (Wildman–Crippen MR) is 97.2 cm³/mol. The lowest BCUT2D eigenvalue weighted by Gasteiger charge is -1.97. The van der Waals surface area contributed by atoms with E-state index in [0.29, 0.717) is 18.8 Å². The molecule has 0 saturated heterocycles. The van der Waals surface area contributed by atoms with E-state index in [1.54, 1.807) is 4.80 Å². The van der Waals surface area contributed by atoms with Gasteiger partial charge in [-0.1, -0.05) is 60.7 Å². The minimum absolute atomic E-state index is 0.593. The molecule has 2 aromatic carbocycles. The first-order valence-electron chi connectivity index (χ1n) is 8.64. The van der Waals surface area contributed by atoms with Crippen molar-refractivity contribution in [1.82, 2.24) is 35.4 Å². The van der Waals surface area contributed by atoms with E-state index in [1.165, 1.54) is 5.56 Å². The molecule has 2 heterocycles. The number of H-pyrrole nitrogens is 1. The monoisotopic (exact) mass is 345 g/mol. The zero-order valence-electron chi connectivity index (χ0n) is 14.3. The second-order valence-corrected chi connectivity index (χ2v) is 6.01. The van der Waals surface area contributed by atoms with Crippen molar-refractivity contribution in [1.29, 1.82) is 0 Å². The average molecular weight is 345 g/mol. The zero-order chi connectivity index (χ0) is 17.6. The summed E-state index contributed by atoms with van der Waals surface area (Å²) in [7, 11) is 0. The molecule has 1 N–H and O–H groups in total. The minimum Gasteiger partial charge on any atom is -0.263 e. The van der Waals surface area contributed by atoms with Crippen LogP contribution in [0.15, 0.2) is 60.7 Å². The summed E-state index contributed by atoms with van der Waals surface area (Å²) in [6.45, 7) is 0.593. The first-order chi connectivity index (χ1) is 12.9. The number of aromatic nitrogens is 7. The molecule has 4 rings (SSSR count). The molecule has 0 aliphatic carbocycles. The number of benzene rings is 2. The predicted octanol–water partition coefficient (Wildman–Crippen LogP) is 2.49. The minimum atomic E-state index is 0.593. The molecule has 0 aliphatic heterocycles. The smallest absolute Gasteiger partial charge is 0.204 e. The Morgan fingerprint density at radius 2 is 1.62 bits per heavy atom. The van der Waals surface area contributed by atoms with Gasteiger partial charge in [0, 0.05) is 18.4 Å². The van der Waals surface area contributed by atoms with E-state index in [-0.39, 0.29) is 0 Å². The Morgan fingerprint density at radius 3 is 2.42 bits per heavy atom. The van der Waals surface area contributed by atoms with E-state index < -0.39 is 0 Å². The number of hydrogen-bond donors (Lipinski definition) is 1. The summed E-state index contributed by atoms with van der Waals surface area (Å²) in [5, 5.41) is 19.9. The number of nitrogens with one attached hydrogen (secondary N) is 1. The summed E-state index contributed by atoms with van der Waals surface area (Å²) in [5.74, 6) is 2.30. The van der Waals surface area contributed by atoms with Crippen molar-refractivity contribution in [2.45, 2.75) is 25.8 Å². The molecule has 0 unspecified atom stereocenters. The topological polar surface area (TPSA) is 85.2 Å². The quantitative estimate of drug-likeness (QED) is 0.556. The van der Waals surface area contributed by atoms with Gasteiger partial charge in [0.1, 0.15) is 5.82 Å². The Morgan fingerprint density at radius 1 is 0.846 bits per heavy atom. The standard InChI is InChI=1S/C19H19N7/c1-3-7-15(8-4-1)11-12-17-20-18(22-21-17)13-14-26-24-19(23-25-26)16-9-5-2-6-10-16/h1-10H,11-14H2,(H,20,21,22). The normalized spacial score (nSPS) is 10.9. The Bertz CT molecular complexity index is 944. The van der Waals surface area contributed by atoms with Gasteiger partial charge in [-0.25, -0.2) is 4.98 Å². The van der Waals surface area contributed by atoms with Crippen LogP contribution in [0.3, 0.4) is 0 Å². The van der Waals surface area contributed by atoms with Crippen molar-refractivity contribution in [3.05, 3.63) is 77.9 Å². The molecule has 4 aromatic rings. The Kier molecular flexibility index (Phi) is 4.77. The molecule has 0 fully saturated rings. The van der Waals surface area contributed by atoms with Crippen LogP contribution in [-0.4, -0.2) is 35.4 Å². The molecular weight excluding hydrogens is 326 g/mol. The van der Waals surface area contributed by atoms with Crippen LogP contribution in [0.4, 0.5) is 0 Å². The maximum absolute atomic E-state index is 4.55. The number of aryl methyl sites for hydroxylation is 4. The van der Waals surface area contributed by atoms with Gasteiger partial charge in [0.25, 0.3) is 0 Å². The third-order valence-electron chi connectivity index (χ3n) is 4.09. The molecule has 26 heavy (non-hydrogen) atoms. The maximum Gasteiger partial charge on any atom is 0.204 e. The van der Waals surface area contributed by atoms with Crippen LogP contribution in [0.25, 0.3) is 11.4 Å². The van der Waals surface area contributed by atoms with Gasteiger partial charge >= 0.3 is 0 Å². The van der Waals surface area contributed by atoms with Crippen molar-refractivity contribution in [3.63, 3.8) is 0 Å². The van der Waals surface area contributed by atoms with Gasteiger partial charge in [0.15, 0.2) is 5.82 Å². The molecule has 0 atom stereocenters. The van der Waals surface area contributed by atoms with Crippen LogP contribution in [0.1, 0.15) is 17.2 Å². The summed E-state index contributed by atoms with van der Waals surface area (Å²) < 4.78 is 0. The SMILES string of the molecule is c1ccc(CCc2nc(CCn3nnc(-c4ccccc4)n3)n[nH]2)cc1. The highest BCUT2D eigenvalue weighted by atomic mass is 15.6. The van der Waals surface area contributed by atoms with Crippen molar-refractivity contribution >= 4 is 0 Å². The van der Waals surface area contributed by atoms with Crippen LogP contribution < -0.4 is 0 Å². The lowest BCUT2D eigenvalue weighted by Crippen LogP contribution is -2.06. The Hall–Kier alpha value is -3.35. The Balaban J connectivity index is 1.31. The first kappa shape index (κ1) is 16.1. The van der Waals surface area contributed by atoms with E-state index >= 15 is 0 Å². The first-order valence-corrected chi connectivity index (χ1v) is 8.64. The molecule has 0 radical (unpaired) electrons. The van der Waals surface area contributed by atoms with Crippen molar-refractivity contribution in [3.8, 4) is 11.4 Å². The summed E-state index contributed by atoms with van der Waals surface area (Å²) in [6, 6.07) is 20.2. The van der Waals surface area contributed by atoms with Crippen LogP contribution in [0, 0.1) is 0 Å². The third kappa shape index (κ3) is 4.00. The van der Waals surface area contributed by atoms with E-state index in [0.717, 1.165) is 30.1 Å². The van der Waals surface area contributed by atoms with Crippen LogP contribution >= 0.6 is 0 Å². The second kappa shape index (κ2) is 7.69. The molecule has 7 heteroatoms. The summed E-state index contributed by atoms with van der Waals surface area (Å²) in [6.07, 6.45) is 2.45. The molecule has 7 nitrogen and oxygen atoms in total. The number of nitrogens with zero attached hydrogens (tertiary/aromatic N) is 6. The molecule has 0 amide bonds. The van der Waals surface area contributed by atoms with E-state index in [4.69, 9.17) is 0 Å². The van der Waals surface area contributed by atoms with Gasteiger partial charge < -0.3 is 0 Å². The van der Waals surface area contributed by atoms with Crippen LogP contribution in [0.5, 0.6) is 0 Å². The Labute approximate surface area is 151 Å². The lowest BCUT2D eigenvalue weighted by atomic mass is 10.1. The second-order valence-electron chi connectivity index (χ2n) is 6.01. The number of aromatic amines is 1. The molecular formula is C19H19N7. The van der Waals surface area contributed by atoms with Gasteiger partial charge in [-0.15, -0.1) is 10.2 Å². The van der Waals surface area contributed by atoms with E-state index in [9.17, 15) is 0 Å². The molecule has 0 aliphatic rings.